The number of likely N-dealkylation sites (N-methyl/N-ethyl adjacent to an activating group) is 1. The van der Waals surface area contributed by atoms with Gasteiger partial charge in [0, 0.05) is 36.6 Å². The number of pyridine rings is 1. The van der Waals surface area contributed by atoms with Crippen molar-refractivity contribution in [3.63, 3.8) is 0 Å². The van der Waals surface area contributed by atoms with Gasteiger partial charge in [0.05, 0.1) is 11.6 Å². The number of nitrogens with one attached hydrogen (secondary N) is 1. The van der Waals surface area contributed by atoms with E-state index in [1.807, 2.05) is 49.1 Å². The summed E-state index contributed by atoms with van der Waals surface area (Å²) < 4.78 is 5.55. The van der Waals surface area contributed by atoms with Crippen LogP contribution in [0.15, 0.2) is 42.7 Å². The third-order valence-corrected chi connectivity index (χ3v) is 6.33. The smallest absolute Gasteiger partial charge is 0.245 e. The Hall–Kier alpha value is -3.30. The van der Waals surface area contributed by atoms with Gasteiger partial charge in [0.2, 0.25) is 11.9 Å². The number of piperidine rings is 1. The largest absolute Gasteiger partial charge is 0.494 e. The fourth-order valence-electron chi connectivity index (χ4n) is 4.21. The Kier molecular flexibility index (Phi) is 7.23. The third kappa shape index (κ3) is 4.80. The second-order valence-corrected chi connectivity index (χ2v) is 8.49. The zero-order valence-corrected chi connectivity index (χ0v) is 20.0. The number of benzene rings is 1. The van der Waals surface area contributed by atoms with Crippen LogP contribution in [-0.4, -0.2) is 57.9 Å². The number of hydrogen-bond donors (Lipinski definition) is 2. The number of hydrogen-bond acceptors (Lipinski definition) is 8. The number of rotatable bonds is 8. The Labute approximate surface area is 203 Å². The zero-order chi connectivity index (χ0) is 24.1. The molecule has 0 aliphatic carbocycles. The highest BCUT2D eigenvalue weighted by Gasteiger charge is 2.39. The van der Waals surface area contributed by atoms with Crippen LogP contribution in [0, 0.1) is 0 Å². The minimum absolute atomic E-state index is 0.330. The summed E-state index contributed by atoms with van der Waals surface area (Å²) in [5, 5.41) is 12.7. The van der Waals surface area contributed by atoms with Gasteiger partial charge in [-0.15, -0.1) is 10.2 Å². The first-order valence-corrected chi connectivity index (χ1v) is 11.7. The van der Waals surface area contributed by atoms with E-state index in [0.29, 0.717) is 67.0 Å². The van der Waals surface area contributed by atoms with Gasteiger partial charge in [0.25, 0.3) is 0 Å². The molecule has 3 heterocycles. The maximum atomic E-state index is 12.1. The molecule has 0 spiro atoms. The van der Waals surface area contributed by atoms with E-state index in [4.69, 9.17) is 27.1 Å². The topological polar surface area (TPSA) is 119 Å². The second-order valence-electron chi connectivity index (χ2n) is 8.09. The van der Waals surface area contributed by atoms with E-state index in [1.54, 1.807) is 12.4 Å². The molecule has 1 amide bonds. The van der Waals surface area contributed by atoms with Crippen LogP contribution in [0.1, 0.15) is 26.7 Å². The van der Waals surface area contributed by atoms with Crippen LogP contribution >= 0.6 is 11.6 Å². The van der Waals surface area contributed by atoms with E-state index >= 15 is 0 Å². The molecule has 3 aromatic rings. The van der Waals surface area contributed by atoms with Gasteiger partial charge in [-0.05, 0) is 56.6 Å². The van der Waals surface area contributed by atoms with Crippen molar-refractivity contribution in [1.29, 1.82) is 0 Å². The van der Waals surface area contributed by atoms with Crippen molar-refractivity contribution in [3.05, 3.63) is 47.7 Å². The Bertz CT molecular complexity index is 1150. The molecule has 0 bridgehead atoms. The lowest BCUT2D eigenvalue weighted by atomic mass is 9.86. The molecule has 1 aliphatic heterocycles. The number of nitrogens with zero attached hydrogens (tertiary/aromatic N) is 5. The molecular weight excluding hydrogens is 454 g/mol. The molecule has 0 atom stereocenters. The van der Waals surface area contributed by atoms with E-state index in [9.17, 15) is 4.79 Å². The third-order valence-electron chi connectivity index (χ3n) is 6.03. The van der Waals surface area contributed by atoms with Crippen LogP contribution in [0.3, 0.4) is 0 Å². The molecule has 34 heavy (non-hydrogen) atoms. The molecule has 1 fully saturated rings. The molecule has 0 radical (unpaired) electrons. The van der Waals surface area contributed by atoms with Gasteiger partial charge < -0.3 is 20.7 Å². The highest BCUT2D eigenvalue weighted by Crippen LogP contribution is 2.35. The van der Waals surface area contributed by atoms with Gasteiger partial charge in [-0.2, -0.15) is 0 Å². The summed E-state index contributed by atoms with van der Waals surface area (Å²) in [5.74, 6) is 0.925. The molecule has 3 N–H and O–H groups in total. The summed E-state index contributed by atoms with van der Waals surface area (Å²) in [6.07, 6.45) is 4.37. The first-order valence-electron chi connectivity index (χ1n) is 11.3. The summed E-state index contributed by atoms with van der Waals surface area (Å²) in [6, 6.07) is 9.44. The summed E-state index contributed by atoms with van der Waals surface area (Å²) >= 11 is 6.49. The highest BCUT2D eigenvalue weighted by atomic mass is 35.5. The summed E-state index contributed by atoms with van der Waals surface area (Å²) in [4.78, 5) is 23.1. The number of aromatic nitrogens is 4. The second kappa shape index (κ2) is 10.3. The summed E-state index contributed by atoms with van der Waals surface area (Å²) in [7, 11) is 0. The number of ether oxygens (including phenoxy) is 1. The summed E-state index contributed by atoms with van der Waals surface area (Å²) in [5.41, 5.74) is 7.78. The van der Waals surface area contributed by atoms with Crippen LogP contribution in [0.4, 0.5) is 5.95 Å². The molecule has 9 nitrogen and oxygen atoms in total. The molecule has 10 heteroatoms. The molecule has 2 aromatic heterocycles. The van der Waals surface area contributed by atoms with Gasteiger partial charge in [0.1, 0.15) is 22.7 Å². The molecule has 0 unspecified atom stereocenters. The molecular formula is C24H28ClN7O2. The Morgan fingerprint density at radius 3 is 2.50 bits per heavy atom. The SMILES string of the molecule is CCNC1(C(N)=O)CCN(c2nnc(-c3ccc(OCC)cc3)c(-c3ccncc3Cl)n2)CC1. The predicted octanol–water partition coefficient (Wildman–Crippen LogP) is 3.09. The van der Waals surface area contributed by atoms with E-state index in [1.165, 1.54) is 0 Å². The number of primary amides is 1. The predicted molar refractivity (Wildman–Crippen MR) is 132 cm³/mol. The van der Waals surface area contributed by atoms with Crippen molar-refractivity contribution in [3.8, 4) is 28.3 Å². The quantitative estimate of drug-likeness (QED) is 0.503. The monoisotopic (exact) mass is 481 g/mol. The van der Waals surface area contributed by atoms with Crippen molar-refractivity contribution in [2.75, 3.05) is 31.1 Å². The lowest BCUT2D eigenvalue weighted by Crippen LogP contribution is -2.61. The summed E-state index contributed by atoms with van der Waals surface area (Å²) in [6.45, 7) is 6.32. The first-order chi connectivity index (χ1) is 16.5. The van der Waals surface area contributed by atoms with Crippen molar-refractivity contribution in [2.45, 2.75) is 32.2 Å². The van der Waals surface area contributed by atoms with Crippen LogP contribution in [0.2, 0.25) is 5.02 Å². The van der Waals surface area contributed by atoms with E-state index < -0.39 is 5.54 Å². The number of nitrogens with two attached hydrogens (primary N) is 1. The Morgan fingerprint density at radius 1 is 1.15 bits per heavy atom. The maximum Gasteiger partial charge on any atom is 0.245 e. The molecule has 1 saturated heterocycles. The fourth-order valence-corrected chi connectivity index (χ4v) is 4.42. The number of halogens is 1. The van der Waals surface area contributed by atoms with Crippen molar-refractivity contribution >= 4 is 23.5 Å². The average molecular weight is 482 g/mol. The average Bonchev–Trinajstić information content (AvgIpc) is 2.85. The van der Waals surface area contributed by atoms with Gasteiger partial charge in [-0.25, -0.2) is 4.98 Å². The van der Waals surface area contributed by atoms with Crippen LogP contribution < -0.4 is 20.7 Å². The van der Waals surface area contributed by atoms with Crippen LogP contribution in [-0.2, 0) is 4.79 Å². The van der Waals surface area contributed by atoms with Crippen molar-refractivity contribution < 1.29 is 9.53 Å². The van der Waals surface area contributed by atoms with Gasteiger partial charge in [-0.3, -0.25) is 9.78 Å². The molecule has 4 rings (SSSR count). The standard InChI is InChI=1S/C24H28ClN7O2/c1-3-28-24(22(26)33)10-13-32(14-11-24)23-29-21(18-9-12-27-15-19(18)25)20(30-31-23)16-5-7-17(8-6-16)34-4-2/h5-9,12,15,28H,3-4,10-11,13-14H2,1-2H3,(H2,26,33). The highest BCUT2D eigenvalue weighted by molar-refractivity contribution is 6.33. The van der Waals surface area contributed by atoms with E-state index in [2.05, 4.69) is 20.5 Å². The van der Waals surface area contributed by atoms with E-state index in [0.717, 1.165) is 11.3 Å². The van der Waals surface area contributed by atoms with Crippen LogP contribution in [0.25, 0.3) is 22.5 Å². The number of carbonyl (C=O) groups excluding carboxylic acids is 1. The lowest BCUT2D eigenvalue weighted by Gasteiger charge is -2.40. The minimum atomic E-state index is -0.710. The van der Waals surface area contributed by atoms with Gasteiger partial charge in [0.15, 0.2) is 0 Å². The number of carbonyl (C=O) groups is 1. The molecule has 1 aromatic carbocycles. The van der Waals surface area contributed by atoms with Crippen molar-refractivity contribution in [2.24, 2.45) is 5.73 Å². The van der Waals surface area contributed by atoms with E-state index in [-0.39, 0.29) is 5.91 Å². The fraction of sp³-hybridized carbons (Fsp3) is 0.375. The number of amides is 1. The lowest BCUT2D eigenvalue weighted by molar-refractivity contribution is -0.125. The number of anilines is 1. The molecule has 1 aliphatic rings. The Morgan fingerprint density at radius 2 is 1.88 bits per heavy atom. The van der Waals surface area contributed by atoms with Gasteiger partial charge >= 0.3 is 0 Å². The van der Waals surface area contributed by atoms with Crippen LogP contribution in [0.5, 0.6) is 5.75 Å². The maximum absolute atomic E-state index is 12.1. The van der Waals surface area contributed by atoms with Gasteiger partial charge in [-0.1, -0.05) is 18.5 Å². The minimum Gasteiger partial charge on any atom is -0.494 e. The molecule has 0 saturated carbocycles. The Balaban J connectivity index is 1.69. The van der Waals surface area contributed by atoms with Crippen molar-refractivity contribution in [1.82, 2.24) is 25.5 Å². The normalized spacial score (nSPS) is 15.2. The first kappa shape index (κ1) is 23.8. The molecule has 178 valence electrons. The zero-order valence-electron chi connectivity index (χ0n) is 19.3.